The van der Waals surface area contributed by atoms with Crippen molar-refractivity contribution in [2.75, 3.05) is 40.9 Å². The SMILES string of the molecule is CCCCCCCCCCCCCCC/C=C/[C@@H](O)[C@H](COP(=O)(O)OCC[N+](C)(C)C)NC(=O)CCCCCCCCCCCCCCCCCCCC. The van der Waals surface area contributed by atoms with Gasteiger partial charge in [-0.15, -0.1) is 0 Å². The summed E-state index contributed by atoms with van der Waals surface area (Å²) in [6.45, 7) is 4.84. The number of phosphoric acid groups is 1. The molecule has 0 aromatic rings. The van der Waals surface area contributed by atoms with Crippen LogP contribution in [0.3, 0.4) is 0 Å². The molecule has 0 aliphatic heterocycles. The molecule has 0 aromatic carbocycles. The minimum atomic E-state index is -4.33. The number of carbonyl (C=O) groups is 1. The minimum absolute atomic E-state index is 0.0647. The van der Waals surface area contributed by atoms with Crippen LogP contribution in [0.25, 0.3) is 0 Å². The summed E-state index contributed by atoms with van der Waals surface area (Å²) in [6.07, 6.45) is 44.2. The first-order chi connectivity index (χ1) is 26.5. The Morgan fingerprint density at radius 1 is 0.600 bits per heavy atom. The lowest BCUT2D eigenvalue weighted by Gasteiger charge is -2.25. The largest absolute Gasteiger partial charge is 0.472 e. The number of aliphatic hydroxyl groups is 1. The van der Waals surface area contributed by atoms with Crippen LogP contribution in [-0.4, -0.2) is 73.4 Å². The molecule has 3 atom stereocenters. The summed E-state index contributed by atoms with van der Waals surface area (Å²) >= 11 is 0. The van der Waals surface area contributed by atoms with E-state index >= 15 is 0 Å². The average Bonchev–Trinajstić information content (AvgIpc) is 3.13. The molecule has 9 heteroatoms. The second-order valence-electron chi connectivity index (χ2n) is 17.5. The number of nitrogens with zero attached hydrogens (tertiary/aromatic N) is 1. The van der Waals surface area contributed by atoms with Crippen molar-refractivity contribution in [2.24, 2.45) is 0 Å². The van der Waals surface area contributed by atoms with Crippen LogP contribution >= 0.6 is 7.82 Å². The Kier molecular flexibility index (Phi) is 38.2. The lowest BCUT2D eigenvalue weighted by atomic mass is 10.0. The Hall–Kier alpha value is -0.760. The van der Waals surface area contributed by atoms with Crippen molar-refractivity contribution in [3.05, 3.63) is 12.2 Å². The molecule has 1 unspecified atom stereocenters. The number of hydrogen-bond donors (Lipinski definition) is 3. The number of likely N-dealkylation sites (N-methyl/N-ethyl adjacent to an activating group) is 1. The Labute approximate surface area is 342 Å². The van der Waals surface area contributed by atoms with Gasteiger partial charge in [0.05, 0.1) is 39.9 Å². The quantitative estimate of drug-likeness (QED) is 0.0245. The number of aliphatic hydroxyl groups excluding tert-OH is 1. The number of quaternary nitrogens is 1. The van der Waals surface area contributed by atoms with Gasteiger partial charge in [-0.1, -0.05) is 212 Å². The molecule has 0 radical (unpaired) electrons. The third-order valence-corrected chi connectivity index (χ3v) is 11.7. The maximum Gasteiger partial charge on any atom is 0.472 e. The lowest BCUT2D eigenvalue weighted by molar-refractivity contribution is -0.870. The number of nitrogens with one attached hydrogen (secondary N) is 1. The summed E-state index contributed by atoms with van der Waals surface area (Å²) in [7, 11) is 1.58. The monoisotopic (exact) mass is 802 g/mol. The van der Waals surface area contributed by atoms with Crippen LogP contribution < -0.4 is 5.32 Å². The summed E-state index contributed by atoms with van der Waals surface area (Å²) in [6, 6.07) is -0.839. The van der Waals surface area contributed by atoms with Gasteiger partial charge in [-0.05, 0) is 19.3 Å². The molecule has 0 aliphatic rings. The first-order valence-electron chi connectivity index (χ1n) is 23.6. The molecule has 8 nitrogen and oxygen atoms in total. The van der Waals surface area contributed by atoms with Gasteiger partial charge < -0.3 is 19.8 Å². The molecule has 1 amide bonds. The number of carbonyl (C=O) groups excluding carboxylic acids is 1. The van der Waals surface area contributed by atoms with Crippen LogP contribution in [0.5, 0.6) is 0 Å². The molecule has 0 spiro atoms. The highest BCUT2D eigenvalue weighted by Crippen LogP contribution is 2.43. The fraction of sp³-hybridized carbons (Fsp3) is 0.935. The third-order valence-electron chi connectivity index (χ3n) is 10.8. The summed E-state index contributed by atoms with van der Waals surface area (Å²) < 4.78 is 23.6. The van der Waals surface area contributed by atoms with Crippen molar-refractivity contribution in [1.82, 2.24) is 5.32 Å². The van der Waals surface area contributed by atoms with Gasteiger partial charge in [-0.2, -0.15) is 0 Å². The van der Waals surface area contributed by atoms with E-state index in [9.17, 15) is 19.4 Å². The van der Waals surface area contributed by atoms with Crippen molar-refractivity contribution in [3.8, 4) is 0 Å². The lowest BCUT2D eigenvalue weighted by Crippen LogP contribution is -2.45. The van der Waals surface area contributed by atoms with Gasteiger partial charge in [-0.3, -0.25) is 13.8 Å². The normalized spacial score (nSPS) is 14.4. The number of rotatable bonds is 43. The van der Waals surface area contributed by atoms with Crippen molar-refractivity contribution < 1.29 is 32.9 Å². The number of phosphoric ester groups is 1. The molecule has 3 N–H and O–H groups in total. The number of hydrogen-bond acceptors (Lipinski definition) is 5. The number of unbranched alkanes of at least 4 members (excludes halogenated alkanes) is 30. The maximum atomic E-state index is 12.9. The average molecular weight is 802 g/mol. The van der Waals surface area contributed by atoms with Gasteiger partial charge in [-0.25, -0.2) is 4.57 Å². The second kappa shape index (κ2) is 38.7. The zero-order valence-electron chi connectivity index (χ0n) is 37.2. The van der Waals surface area contributed by atoms with Crippen LogP contribution in [0.1, 0.15) is 226 Å². The smallest absolute Gasteiger partial charge is 0.387 e. The Balaban J connectivity index is 4.34. The third kappa shape index (κ3) is 41.2. The van der Waals surface area contributed by atoms with Crippen LogP contribution in [0.2, 0.25) is 0 Å². The van der Waals surface area contributed by atoms with Crippen molar-refractivity contribution in [3.63, 3.8) is 0 Å². The van der Waals surface area contributed by atoms with E-state index in [1.54, 1.807) is 6.08 Å². The summed E-state index contributed by atoms with van der Waals surface area (Å²) in [5.41, 5.74) is 0. The molecular weight excluding hydrogens is 707 g/mol. The minimum Gasteiger partial charge on any atom is -0.387 e. The Bertz CT molecular complexity index is 911. The fourth-order valence-corrected chi connectivity index (χ4v) is 7.72. The highest BCUT2D eigenvalue weighted by Gasteiger charge is 2.27. The first-order valence-corrected chi connectivity index (χ1v) is 25.1. The van der Waals surface area contributed by atoms with Gasteiger partial charge in [0.15, 0.2) is 0 Å². The zero-order chi connectivity index (χ0) is 40.7. The number of amides is 1. The second-order valence-corrected chi connectivity index (χ2v) is 18.9. The highest BCUT2D eigenvalue weighted by atomic mass is 31.2. The summed E-state index contributed by atoms with van der Waals surface area (Å²) in [5, 5.41) is 13.8. The molecule has 0 bridgehead atoms. The molecule has 0 saturated heterocycles. The van der Waals surface area contributed by atoms with E-state index in [0.717, 1.165) is 32.1 Å². The topological polar surface area (TPSA) is 105 Å². The Morgan fingerprint density at radius 2 is 0.964 bits per heavy atom. The predicted molar refractivity (Wildman–Crippen MR) is 235 cm³/mol. The summed E-state index contributed by atoms with van der Waals surface area (Å²) in [5.74, 6) is -0.173. The molecule has 328 valence electrons. The molecule has 0 fully saturated rings. The maximum absolute atomic E-state index is 12.9. The van der Waals surface area contributed by atoms with E-state index in [1.807, 2.05) is 27.2 Å². The number of allylic oxidation sites excluding steroid dienone is 1. The van der Waals surface area contributed by atoms with Crippen molar-refractivity contribution in [1.29, 1.82) is 0 Å². The zero-order valence-corrected chi connectivity index (χ0v) is 38.1. The van der Waals surface area contributed by atoms with E-state index in [0.29, 0.717) is 17.4 Å². The van der Waals surface area contributed by atoms with Gasteiger partial charge in [0, 0.05) is 6.42 Å². The van der Waals surface area contributed by atoms with E-state index < -0.39 is 20.0 Å². The van der Waals surface area contributed by atoms with E-state index in [4.69, 9.17) is 9.05 Å². The molecule has 55 heavy (non-hydrogen) atoms. The van der Waals surface area contributed by atoms with Crippen molar-refractivity contribution >= 4 is 13.7 Å². The van der Waals surface area contributed by atoms with Crippen LogP contribution in [-0.2, 0) is 18.4 Å². The molecule has 0 heterocycles. The summed E-state index contributed by atoms with van der Waals surface area (Å²) in [4.78, 5) is 23.1. The highest BCUT2D eigenvalue weighted by molar-refractivity contribution is 7.47. The van der Waals surface area contributed by atoms with Crippen LogP contribution in [0, 0.1) is 0 Å². The van der Waals surface area contributed by atoms with Gasteiger partial charge in [0.1, 0.15) is 13.2 Å². The van der Waals surface area contributed by atoms with E-state index in [-0.39, 0.29) is 19.1 Å². The molecule has 0 aliphatic carbocycles. The van der Waals surface area contributed by atoms with Crippen LogP contribution in [0.15, 0.2) is 12.2 Å². The predicted octanol–water partition coefficient (Wildman–Crippen LogP) is 13.1. The van der Waals surface area contributed by atoms with Crippen molar-refractivity contribution in [2.45, 2.75) is 238 Å². The first kappa shape index (κ1) is 54.2. The standard InChI is InChI=1S/C46H93N2O6P/c1-6-8-10-12-14-16-18-20-22-23-24-26-28-30-32-34-36-38-40-46(50)47-44(43-54-55(51,52)53-42-41-48(3,4)5)45(49)39-37-35-33-31-29-27-25-21-19-17-15-13-11-9-7-2/h37,39,44-45,49H,6-36,38,40-43H2,1-5H3,(H-,47,50,51,52)/p+1/b39-37+/t44-,45+/m0/s1. The fourth-order valence-electron chi connectivity index (χ4n) is 6.98. The van der Waals surface area contributed by atoms with E-state index in [2.05, 4.69) is 19.2 Å². The van der Waals surface area contributed by atoms with Gasteiger partial charge in [0.2, 0.25) is 5.91 Å². The van der Waals surface area contributed by atoms with E-state index in [1.165, 1.54) is 173 Å². The van der Waals surface area contributed by atoms with Gasteiger partial charge >= 0.3 is 7.82 Å². The van der Waals surface area contributed by atoms with Gasteiger partial charge in [0.25, 0.3) is 0 Å². The van der Waals surface area contributed by atoms with Crippen LogP contribution in [0.4, 0.5) is 0 Å². The Morgan fingerprint density at radius 3 is 1.35 bits per heavy atom. The molecule has 0 rings (SSSR count). The molecule has 0 saturated carbocycles. The molecule has 0 aromatic heterocycles. The molecular formula is C46H94N2O6P+.